The van der Waals surface area contributed by atoms with Crippen molar-refractivity contribution < 1.29 is 0 Å². The molecular weight excluding hydrogens is 122 g/mol. The summed E-state index contributed by atoms with van der Waals surface area (Å²) in [5.41, 5.74) is 0. The molecule has 0 spiro atoms. The maximum absolute atomic E-state index is 5.42. The minimum Gasteiger partial charge on any atom is -0.315 e. The summed E-state index contributed by atoms with van der Waals surface area (Å²) in [6.07, 6.45) is 0. The first-order valence-corrected chi connectivity index (χ1v) is 3.57. The van der Waals surface area contributed by atoms with E-state index in [2.05, 4.69) is 19.2 Å². The van der Waals surface area contributed by atoms with Gasteiger partial charge in [-0.15, -0.1) is 11.6 Å². The van der Waals surface area contributed by atoms with E-state index in [0.717, 1.165) is 19.0 Å². The minimum absolute atomic E-state index is 0.715. The van der Waals surface area contributed by atoms with Gasteiger partial charge in [-0.25, -0.2) is 0 Å². The van der Waals surface area contributed by atoms with E-state index < -0.39 is 0 Å². The van der Waals surface area contributed by atoms with E-state index in [1.54, 1.807) is 0 Å². The molecule has 0 amide bonds. The lowest BCUT2D eigenvalue weighted by Crippen LogP contribution is -2.21. The second-order valence-corrected chi connectivity index (χ2v) is 2.66. The second-order valence-electron chi connectivity index (χ2n) is 2.29. The Bertz CT molecular complexity index is 45.8. The van der Waals surface area contributed by atoms with E-state index in [9.17, 15) is 0 Å². The zero-order valence-corrected chi connectivity index (χ0v) is 6.33. The number of rotatable bonds is 4. The number of hydrogen-bond donors (Lipinski definition) is 1. The van der Waals surface area contributed by atoms with Gasteiger partial charge >= 0.3 is 0 Å². The highest BCUT2D eigenvalue weighted by Crippen LogP contribution is 1.85. The molecule has 0 radical (unpaired) electrons. The molecule has 0 bridgehead atoms. The van der Waals surface area contributed by atoms with Crippen molar-refractivity contribution in [1.29, 1.82) is 0 Å². The smallest absolute Gasteiger partial charge is 0.0348 e. The Morgan fingerprint density at radius 1 is 1.50 bits per heavy atom. The molecule has 0 rings (SSSR count). The predicted molar refractivity (Wildman–Crippen MR) is 38.4 cm³/mol. The second kappa shape index (κ2) is 5.39. The molecule has 0 atom stereocenters. The average molecular weight is 136 g/mol. The Morgan fingerprint density at radius 3 is 2.50 bits per heavy atom. The molecule has 0 aromatic rings. The van der Waals surface area contributed by atoms with Crippen LogP contribution < -0.4 is 5.32 Å². The van der Waals surface area contributed by atoms with Crippen molar-refractivity contribution in [3.63, 3.8) is 0 Å². The lowest BCUT2D eigenvalue weighted by atomic mass is 10.2. The molecule has 0 aliphatic heterocycles. The van der Waals surface area contributed by atoms with E-state index in [-0.39, 0.29) is 0 Å². The summed E-state index contributed by atoms with van der Waals surface area (Å²) < 4.78 is 0. The van der Waals surface area contributed by atoms with Crippen LogP contribution in [0.3, 0.4) is 0 Å². The van der Waals surface area contributed by atoms with Crippen molar-refractivity contribution in [2.75, 3.05) is 19.0 Å². The summed E-state index contributed by atoms with van der Waals surface area (Å²) in [5.74, 6) is 1.45. The minimum atomic E-state index is 0.715. The van der Waals surface area contributed by atoms with Crippen LogP contribution in [0.5, 0.6) is 0 Å². The number of hydrogen-bond acceptors (Lipinski definition) is 1. The van der Waals surface area contributed by atoms with Gasteiger partial charge in [0.05, 0.1) is 0 Å². The number of alkyl halides is 1. The maximum atomic E-state index is 5.42. The summed E-state index contributed by atoms with van der Waals surface area (Å²) >= 11 is 5.42. The van der Waals surface area contributed by atoms with Gasteiger partial charge in [0, 0.05) is 12.4 Å². The first-order chi connectivity index (χ1) is 3.77. The molecule has 0 saturated heterocycles. The molecule has 0 aromatic heterocycles. The fourth-order valence-electron chi connectivity index (χ4n) is 0.458. The van der Waals surface area contributed by atoms with Crippen LogP contribution in [0.1, 0.15) is 13.8 Å². The SMILES string of the molecule is CC(C)CNCCCl. The monoisotopic (exact) mass is 135 g/mol. The first kappa shape index (κ1) is 8.25. The van der Waals surface area contributed by atoms with E-state index in [1.165, 1.54) is 0 Å². The first-order valence-electron chi connectivity index (χ1n) is 3.04. The zero-order chi connectivity index (χ0) is 6.41. The van der Waals surface area contributed by atoms with Crippen LogP contribution >= 0.6 is 11.6 Å². The van der Waals surface area contributed by atoms with Crippen LogP contribution in [-0.4, -0.2) is 19.0 Å². The number of nitrogens with one attached hydrogen (secondary N) is 1. The lowest BCUT2D eigenvalue weighted by Gasteiger charge is -2.03. The Labute approximate surface area is 56.4 Å². The van der Waals surface area contributed by atoms with Gasteiger partial charge in [-0.2, -0.15) is 0 Å². The predicted octanol–water partition coefficient (Wildman–Crippen LogP) is 1.47. The van der Waals surface area contributed by atoms with E-state index in [0.29, 0.717) is 5.88 Å². The van der Waals surface area contributed by atoms with Gasteiger partial charge in [0.15, 0.2) is 0 Å². The molecule has 0 aliphatic carbocycles. The van der Waals surface area contributed by atoms with Crippen molar-refractivity contribution in [2.45, 2.75) is 13.8 Å². The highest BCUT2D eigenvalue weighted by molar-refractivity contribution is 6.18. The van der Waals surface area contributed by atoms with Crippen LogP contribution in [0.25, 0.3) is 0 Å². The summed E-state index contributed by atoms with van der Waals surface area (Å²) in [6.45, 7) is 6.37. The van der Waals surface area contributed by atoms with Gasteiger partial charge in [-0.1, -0.05) is 13.8 Å². The van der Waals surface area contributed by atoms with Crippen LogP contribution in [0.4, 0.5) is 0 Å². The third-order valence-electron chi connectivity index (χ3n) is 0.824. The molecule has 2 heteroatoms. The van der Waals surface area contributed by atoms with Gasteiger partial charge < -0.3 is 5.32 Å². The third kappa shape index (κ3) is 6.25. The quantitative estimate of drug-likeness (QED) is 0.455. The largest absolute Gasteiger partial charge is 0.315 e. The summed E-state index contributed by atoms with van der Waals surface area (Å²) in [4.78, 5) is 0. The van der Waals surface area contributed by atoms with Crippen molar-refractivity contribution in [1.82, 2.24) is 5.32 Å². The van der Waals surface area contributed by atoms with Crippen LogP contribution in [-0.2, 0) is 0 Å². The van der Waals surface area contributed by atoms with Gasteiger partial charge in [0.2, 0.25) is 0 Å². The normalized spacial score (nSPS) is 10.5. The fraction of sp³-hybridized carbons (Fsp3) is 1.00. The number of halogens is 1. The molecule has 0 heterocycles. The molecule has 50 valence electrons. The molecule has 1 N–H and O–H groups in total. The molecule has 0 fully saturated rings. The molecular formula is C6H14ClN. The molecule has 1 nitrogen and oxygen atoms in total. The highest BCUT2D eigenvalue weighted by Gasteiger charge is 1.89. The fourth-order valence-corrected chi connectivity index (χ4v) is 0.591. The van der Waals surface area contributed by atoms with Gasteiger partial charge in [-0.3, -0.25) is 0 Å². The van der Waals surface area contributed by atoms with Crippen molar-refractivity contribution >= 4 is 11.6 Å². The Balaban J connectivity index is 2.72. The van der Waals surface area contributed by atoms with Crippen molar-refractivity contribution in [2.24, 2.45) is 5.92 Å². The standard InChI is InChI=1S/C6H14ClN/c1-6(2)5-8-4-3-7/h6,8H,3-5H2,1-2H3. The van der Waals surface area contributed by atoms with Gasteiger partial charge in [-0.05, 0) is 12.5 Å². The van der Waals surface area contributed by atoms with Crippen LogP contribution in [0.15, 0.2) is 0 Å². The molecule has 8 heavy (non-hydrogen) atoms. The van der Waals surface area contributed by atoms with Gasteiger partial charge in [0.1, 0.15) is 0 Å². The highest BCUT2D eigenvalue weighted by atomic mass is 35.5. The Morgan fingerprint density at radius 2 is 2.12 bits per heavy atom. The molecule has 0 unspecified atom stereocenters. The lowest BCUT2D eigenvalue weighted by molar-refractivity contribution is 0.567. The maximum Gasteiger partial charge on any atom is 0.0348 e. The Kier molecular flexibility index (Phi) is 5.56. The topological polar surface area (TPSA) is 12.0 Å². The third-order valence-corrected chi connectivity index (χ3v) is 1.01. The van der Waals surface area contributed by atoms with Crippen molar-refractivity contribution in [3.8, 4) is 0 Å². The molecule has 0 saturated carbocycles. The summed E-state index contributed by atoms with van der Waals surface area (Å²) in [7, 11) is 0. The van der Waals surface area contributed by atoms with E-state index in [1.807, 2.05) is 0 Å². The zero-order valence-electron chi connectivity index (χ0n) is 5.58. The van der Waals surface area contributed by atoms with E-state index in [4.69, 9.17) is 11.6 Å². The molecule has 0 aliphatic rings. The Hall–Kier alpha value is 0.250. The van der Waals surface area contributed by atoms with E-state index >= 15 is 0 Å². The van der Waals surface area contributed by atoms with Crippen molar-refractivity contribution in [3.05, 3.63) is 0 Å². The van der Waals surface area contributed by atoms with Crippen LogP contribution in [0, 0.1) is 5.92 Å². The van der Waals surface area contributed by atoms with Gasteiger partial charge in [0.25, 0.3) is 0 Å². The summed E-state index contributed by atoms with van der Waals surface area (Å²) in [6, 6.07) is 0. The average Bonchev–Trinajstić information content (AvgIpc) is 1.66. The van der Waals surface area contributed by atoms with Crippen LogP contribution in [0.2, 0.25) is 0 Å². The molecule has 0 aromatic carbocycles. The summed E-state index contributed by atoms with van der Waals surface area (Å²) in [5, 5.41) is 3.20.